The standard InChI is InChI=1S/C24H33N7O/c1-17(2)31-24-21(16-27-31)20(18(3)32)14-22(28-24)19-6-7-23(26-15-19)30-12-10-29(11-13-30)9-5-4-8-25/h6-7,14-17H,4-5,8-13,25H2,1-3H3. The van der Waals surface area contributed by atoms with Crippen LogP contribution in [0.25, 0.3) is 22.3 Å². The minimum Gasteiger partial charge on any atom is -0.354 e. The van der Waals surface area contributed by atoms with Crippen LogP contribution < -0.4 is 10.6 Å². The van der Waals surface area contributed by atoms with Gasteiger partial charge in [-0.2, -0.15) is 5.10 Å². The van der Waals surface area contributed by atoms with Gasteiger partial charge in [-0.15, -0.1) is 0 Å². The Labute approximate surface area is 189 Å². The molecule has 2 N–H and O–H groups in total. The molecule has 3 aromatic heterocycles. The molecule has 8 nitrogen and oxygen atoms in total. The first-order chi connectivity index (χ1) is 15.5. The van der Waals surface area contributed by atoms with E-state index in [4.69, 9.17) is 15.7 Å². The molecule has 0 spiro atoms. The van der Waals surface area contributed by atoms with Crippen molar-refractivity contribution >= 4 is 22.6 Å². The van der Waals surface area contributed by atoms with Crippen molar-refractivity contribution in [2.45, 2.75) is 39.7 Å². The summed E-state index contributed by atoms with van der Waals surface area (Å²) in [6.07, 6.45) is 5.85. The Morgan fingerprint density at radius 3 is 2.53 bits per heavy atom. The number of piperazine rings is 1. The third-order valence-electron chi connectivity index (χ3n) is 6.10. The number of nitrogens with two attached hydrogens (primary N) is 1. The van der Waals surface area contributed by atoms with Crippen molar-refractivity contribution in [3.8, 4) is 11.3 Å². The van der Waals surface area contributed by atoms with E-state index in [9.17, 15) is 4.79 Å². The molecule has 0 aromatic carbocycles. The predicted octanol–water partition coefficient (Wildman–Crippen LogP) is 3.14. The maximum absolute atomic E-state index is 12.3. The van der Waals surface area contributed by atoms with Gasteiger partial charge in [-0.25, -0.2) is 14.6 Å². The van der Waals surface area contributed by atoms with Gasteiger partial charge >= 0.3 is 0 Å². The first-order valence-corrected chi connectivity index (χ1v) is 11.5. The van der Waals surface area contributed by atoms with E-state index in [-0.39, 0.29) is 11.8 Å². The summed E-state index contributed by atoms with van der Waals surface area (Å²) >= 11 is 0. The van der Waals surface area contributed by atoms with Crippen molar-refractivity contribution in [3.63, 3.8) is 0 Å². The molecule has 1 aliphatic rings. The first kappa shape index (κ1) is 22.4. The number of unbranched alkanes of at least 4 members (excludes halogenated alkanes) is 1. The number of ketones is 1. The molecule has 170 valence electrons. The fourth-order valence-electron chi connectivity index (χ4n) is 4.24. The van der Waals surface area contributed by atoms with Gasteiger partial charge in [-0.1, -0.05) is 0 Å². The third kappa shape index (κ3) is 4.66. The molecule has 4 heterocycles. The number of aromatic nitrogens is 4. The molecule has 0 amide bonds. The SMILES string of the molecule is CC(=O)c1cc(-c2ccc(N3CCN(CCCCN)CC3)nc2)nc2c1cnn2C(C)C. The van der Waals surface area contributed by atoms with Gasteiger partial charge in [0.25, 0.3) is 0 Å². The molecule has 1 saturated heterocycles. The smallest absolute Gasteiger partial charge is 0.160 e. The van der Waals surface area contributed by atoms with Crippen LogP contribution >= 0.6 is 0 Å². The number of pyridine rings is 2. The van der Waals surface area contributed by atoms with E-state index < -0.39 is 0 Å². The molecule has 3 aromatic rings. The van der Waals surface area contributed by atoms with Crippen molar-refractivity contribution in [1.29, 1.82) is 0 Å². The van der Waals surface area contributed by atoms with Gasteiger partial charge in [0, 0.05) is 54.9 Å². The molecular formula is C24H33N7O. The summed E-state index contributed by atoms with van der Waals surface area (Å²) in [5.41, 5.74) is 8.62. The molecule has 0 saturated carbocycles. The van der Waals surface area contributed by atoms with Crippen molar-refractivity contribution in [2.24, 2.45) is 5.73 Å². The Bertz CT molecular complexity index is 1070. The van der Waals surface area contributed by atoms with E-state index >= 15 is 0 Å². The van der Waals surface area contributed by atoms with Gasteiger partial charge in [0.2, 0.25) is 0 Å². The summed E-state index contributed by atoms with van der Waals surface area (Å²) in [6.45, 7) is 11.6. The minimum absolute atomic E-state index is 0.0101. The van der Waals surface area contributed by atoms with Crippen LogP contribution in [0.2, 0.25) is 0 Å². The molecule has 1 fully saturated rings. The van der Waals surface area contributed by atoms with E-state index in [1.807, 2.05) is 23.0 Å². The molecule has 0 atom stereocenters. The lowest BCUT2D eigenvalue weighted by Gasteiger charge is -2.35. The Kier molecular flexibility index (Phi) is 6.81. The molecule has 0 unspecified atom stereocenters. The van der Waals surface area contributed by atoms with Crippen LogP contribution in [0.4, 0.5) is 5.82 Å². The van der Waals surface area contributed by atoms with Gasteiger partial charge in [0.1, 0.15) is 5.82 Å². The Hall–Kier alpha value is -2.84. The highest BCUT2D eigenvalue weighted by Gasteiger charge is 2.19. The molecule has 32 heavy (non-hydrogen) atoms. The number of hydrogen-bond donors (Lipinski definition) is 1. The summed E-state index contributed by atoms with van der Waals surface area (Å²) < 4.78 is 1.86. The average molecular weight is 436 g/mol. The lowest BCUT2D eigenvalue weighted by atomic mass is 10.1. The van der Waals surface area contributed by atoms with E-state index in [1.165, 1.54) is 6.42 Å². The number of hydrogen-bond acceptors (Lipinski definition) is 7. The van der Waals surface area contributed by atoms with E-state index in [1.54, 1.807) is 13.1 Å². The third-order valence-corrected chi connectivity index (χ3v) is 6.10. The summed E-state index contributed by atoms with van der Waals surface area (Å²) in [5, 5.41) is 5.24. The van der Waals surface area contributed by atoms with Gasteiger partial charge in [-0.05, 0) is 64.9 Å². The lowest BCUT2D eigenvalue weighted by Crippen LogP contribution is -2.46. The second-order valence-electron chi connectivity index (χ2n) is 8.76. The number of rotatable bonds is 8. The molecule has 0 bridgehead atoms. The maximum atomic E-state index is 12.3. The van der Waals surface area contributed by atoms with Gasteiger partial charge in [0.05, 0.1) is 11.9 Å². The number of carbonyl (C=O) groups is 1. The summed E-state index contributed by atoms with van der Waals surface area (Å²) in [4.78, 5) is 26.7. The van der Waals surface area contributed by atoms with Crippen LogP contribution in [0, 0.1) is 0 Å². The average Bonchev–Trinajstić information content (AvgIpc) is 3.23. The van der Waals surface area contributed by atoms with Gasteiger partial charge < -0.3 is 10.6 Å². The molecule has 4 rings (SSSR count). The number of nitrogens with zero attached hydrogens (tertiary/aromatic N) is 6. The van der Waals surface area contributed by atoms with E-state index in [0.29, 0.717) is 5.56 Å². The fourth-order valence-corrected chi connectivity index (χ4v) is 4.24. The lowest BCUT2D eigenvalue weighted by molar-refractivity contribution is 0.101. The van der Waals surface area contributed by atoms with Gasteiger partial charge in [0.15, 0.2) is 11.4 Å². The number of anilines is 1. The number of carbonyl (C=O) groups excluding carboxylic acids is 1. The van der Waals surface area contributed by atoms with Crippen LogP contribution in [0.15, 0.2) is 30.6 Å². The Morgan fingerprint density at radius 2 is 1.91 bits per heavy atom. The zero-order chi connectivity index (χ0) is 22.7. The van der Waals surface area contributed by atoms with Crippen molar-refractivity contribution in [3.05, 3.63) is 36.2 Å². The topological polar surface area (TPSA) is 93.2 Å². The van der Waals surface area contributed by atoms with E-state index in [0.717, 1.165) is 73.8 Å². The predicted molar refractivity (Wildman–Crippen MR) is 128 cm³/mol. The summed E-state index contributed by atoms with van der Waals surface area (Å²) in [6, 6.07) is 6.11. The van der Waals surface area contributed by atoms with E-state index in [2.05, 4.69) is 34.8 Å². The fraction of sp³-hybridized carbons (Fsp3) is 0.500. The van der Waals surface area contributed by atoms with Crippen LogP contribution in [0.1, 0.15) is 50.0 Å². The first-order valence-electron chi connectivity index (χ1n) is 11.5. The van der Waals surface area contributed by atoms with Crippen molar-refractivity contribution < 1.29 is 4.79 Å². The monoisotopic (exact) mass is 435 g/mol. The molecule has 0 radical (unpaired) electrons. The molecule has 1 aliphatic heterocycles. The maximum Gasteiger partial charge on any atom is 0.160 e. The second kappa shape index (κ2) is 9.75. The largest absolute Gasteiger partial charge is 0.354 e. The highest BCUT2D eigenvalue weighted by molar-refractivity contribution is 6.06. The van der Waals surface area contributed by atoms with Crippen LogP contribution in [0.3, 0.4) is 0 Å². The summed E-state index contributed by atoms with van der Waals surface area (Å²) in [5.74, 6) is 0.992. The number of fused-ring (bicyclic) bond motifs is 1. The Balaban J connectivity index is 1.53. The van der Waals surface area contributed by atoms with Crippen LogP contribution in [0.5, 0.6) is 0 Å². The van der Waals surface area contributed by atoms with Crippen molar-refractivity contribution in [1.82, 2.24) is 24.6 Å². The molecular weight excluding hydrogens is 402 g/mol. The van der Waals surface area contributed by atoms with Crippen LogP contribution in [-0.2, 0) is 0 Å². The Morgan fingerprint density at radius 1 is 1.12 bits per heavy atom. The quantitative estimate of drug-likeness (QED) is 0.429. The summed E-state index contributed by atoms with van der Waals surface area (Å²) in [7, 11) is 0. The van der Waals surface area contributed by atoms with Crippen LogP contribution in [-0.4, -0.2) is 69.7 Å². The zero-order valence-electron chi connectivity index (χ0n) is 19.3. The zero-order valence-corrected chi connectivity index (χ0v) is 19.3. The number of Topliss-reactive ketones (excluding diaryl/α,β-unsaturated/α-hetero) is 1. The van der Waals surface area contributed by atoms with Crippen molar-refractivity contribution in [2.75, 3.05) is 44.2 Å². The van der Waals surface area contributed by atoms with Gasteiger partial charge in [-0.3, -0.25) is 9.69 Å². The molecule has 0 aliphatic carbocycles. The molecule has 8 heteroatoms. The second-order valence-corrected chi connectivity index (χ2v) is 8.76. The normalized spacial score (nSPS) is 15.1. The highest BCUT2D eigenvalue weighted by Crippen LogP contribution is 2.27. The highest BCUT2D eigenvalue weighted by atomic mass is 16.1. The minimum atomic E-state index is 0.0101.